The molecule has 0 atom stereocenters. The number of aromatic nitrogens is 3. The van der Waals surface area contributed by atoms with Crippen molar-refractivity contribution in [3.63, 3.8) is 0 Å². The first kappa shape index (κ1) is 25.6. The number of halogens is 3. The maximum Gasteiger partial charge on any atom is 0.268 e. The first-order valence-corrected chi connectivity index (χ1v) is 12.3. The third-order valence-electron chi connectivity index (χ3n) is 6.03. The van der Waals surface area contributed by atoms with Crippen molar-refractivity contribution in [1.29, 1.82) is 0 Å². The van der Waals surface area contributed by atoms with Gasteiger partial charge in [-0.05, 0) is 17.7 Å². The Morgan fingerprint density at radius 2 is 1.53 bits per heavy atom. The Hall–Kier alpha value is -4.04. The summed E-state index contributed by atoms with van der Waals surface area (Å²) in [4.78, 5) is 44.0. The van der Waals surface area contributed by atoms with Gasteiger partial charge in [-0.15, -0.1) is 0 Å². The third kappa shape index (κ3) is 4.35. The lowest BCUT2D eigenvalue weighted by Crippen LogP contribution is -2.18. The zero-order valence-electron chi connectivity index (χ0n) is 19.6. The van der Waals surface area contributed by atoms with Crippen molar-refractivity contribution in [1.82, 2.24) is 14.4 Å². The number of carbonyl (C=O) groups excluding carboxylic acids is 2. The molecule has 0 amide bonds. The van der Waals surface area contributed by atoms with Gasteiger partial charge >= 0.3 is 0 Å². The normalized spacial score (nSPS) is 10.9. The quantitative estimate of drug-likeness (QED) is 0.214. The van der Waals surface area contributed by atoms with Crippen molar-refractivity contribution in [3.05, 3.63) is 104 Å². The number of hydrogen-bond donors (Lipinski definition) is 0. The summed E-state index contributed by atoms with van der Waals surface area (Å²) in [6, 6.07) is 15.7. The molecule has 0 aliphatic carbocycles. The molecule has 7 nitrogen and oxygen atoms in total. The van der Waals surface area contributed by atoms with E-state index in [0.29, 0.717) is 56.1 Å². The average molecular weight is 565 g/mol. The van der Waals surface area contributed by atoms with Gasteiger partial charge in [0.25, 0.3) is 5.56 Å². The summed E-state index contributed by atoms with van der Waals surface area (Å²) in [5, 5.41) is 0.919. The highest BCUT2D eigenvalue weighted by Gasteiger charge is 2.20. The molecule has 0 radical (unpaired) electrons. The molecule has 38 heavy (non-hydrogen) atoms. The molecule has 0 saturated heterocycles. The van der Waals surface area contributed by atoms with E-state index in [1.807, 2.05) is 24.3 Å². The van der Waals surface area contributed by atoms with Crippen molar-refractivity contribution in [2.24, 2.45) is 0 Å². The largest absolute Gasteiger partial charge is 0.481 e. The van der Waals surface area contributed by atoms with E-state index in [1.165, 1.54) is 23.8 Å². The van der Waals surface area contributed by atoms with Crippen molar-refractivity contribution < 1.29 is 14.3 Å². The highest BCUT2D eigenvalue weighted by molar-refractivity contribution is 6.39. The van der Waals surface area contributed by atoms with Gasteiger partial charge < -0.3 is 4.74 Å². The van der Waals surface area contributed by atoms with Crippen LogP contribution in [0.2, 0.25) is 15.1 Å². The minimum absolute atomic E-state index is 0.0330. The number of aldehydes is 2. The van der Waals surface area contributed by atoms with Crippen molar-refractivity contribution in [2.45, 2.75) is 0 Å². The van der Waals surface area contributed by atoms with Crippen LogP contribution in [0.5, 0.6) is 5.88 Å². The van der Waals surface area contributed by atoms with Crippen LogP contribution in [0, 0.1) is 0 Å². The standard InChI is InChI=1S/C28H16Cl3N3O4/c1-38-24-11-22(29)21(14-36)27(33-24)20-7-3-6-19(26(20)31)18-5-2-4-17(25(18)30)15-8-9-34-23(10-15)32-12-16(13-35)28(34)37/h2-14H,1H3. The molecule has 0 spiro atoms. The smallest absolute Gasteiger partial charge is 0.268 e. The van der Waals surface area contributed by atoms with Crippen LogP contribution in [-0.2, 0) is 0 Å². The first-order valence-electron chi connectivity index (χ1n) is 11.1. The van der Waals surface area contributed by atoms with Gasteiger partial charge in [0.2, 0.25) is 5.88 Å². The SMILES string of the molecule is COc1cc(Cl)c(C=O)c(-c2cccc(-c3cccc(-c4ccn5c(=O)c(C=O)cnc5c4)c3Cl)c2Cl)n1. The van der Waals surface area contributed by atoms with Gasteiger partial charge in [0, 0.05) is 40.7 Å². The minimum atomic E-state index is -0.457. The Labute approximate surface area is 231 Å². The predicted octanol–water partition coefficient (Wildman–Crippen LogP) is 6.68. The fraction of sp³-hybridized carbons (Fsp3) is 0.0357. The van der Waals surface area contributed by atoms with Crippen molar-refractivity contribution in [3.8, 4) is 39.4 Å². The number of methoxy groups -OCH3 is 1. The number of fused-ring (bicyclic) bond motifs is 1. The third-order valence-corrected chi connectivity index (χ3v) is 7.16. The summed E-state index contributed by atoms with van der Waals surface area (Å²) in [5.41, 5.74) is 3.45. The van der Waals surface area contributed by atoms with Gasteiger partial charge in [-0.2, -0.15) is 0 Å². The molecule has 188 valence electrons. The second kappa shape index (κ2) is 10.4. The fourth-order valence-electron chi connectivity index (χ4n) is 4.15. The number of hydrogen-bond acceptors (Lipinski definition) is 6. The Morgan fingerprint density at radius 3 is 2.18 bits per heavy atom. The zero-order chi connectivity index (χ0) is 27.0. The van der Waals surface area contributed by atoms with Gasteiger partial charge in [0.05, 0.1) is 39.0 Å². The molecule has 10 heteroatoms. The van der Waals surface area contributed by atoms with Crippen LogP contribution in [0.15, 0.2) is 71.8 Å². The fourth-order valence-corrected chi connectivity index (χ4v) is 5.03. The molecule has 0 bridgehead atoms. The monoisotopic (exact) mass is 563 g/mol. The van der Waals surface area contributed by atoms with Crippen LogP contribution in [0.3, 0.4) is 0 Å². The molecule has 0 saturated carbocycles. The Morgan fingerprint density at radius 1 is 0.868 bits per heavy atom. The molecule has 0 unspecified atom stereocenters. The maximum absolute atomic E-state index is 12.4. The summed E-state index contributed by atoms with van der Waals surface area (Å²) < 4.78 is 6.52. The van der Waals surface area contributed by atoms with Crippen molar-refractivity contribution >= 4 is 53.0 Å². The lowest BCUT2D eigenvalue weighted by molar-refractivity contribution is 0.111. The maximum atomic E-state index is 12.4. The van der Waals surface area contributed by atoms with E-state index >= 15 is 0 Å². The summed E-state index contributed by atoms with van der Waals surface area (Å²) in [5.74, 6) is 0.237. The summed E-state index contributed by atoms with van der Waals surface area (Å²) in [6.07, 6.45) is 3.88. The van der Waals surface area contributed by atoms with Gasteiger partial charge in [-0.3, -0.25) is 18.8 Å². The predicted molar refractivity (Wildman–Crippen MR) is 148 cm³/mol. The van der Waals surface area contributed by atoms with Crippen molar-refractivity contribution in [2.75, 3.05) is 7.11 Å². The Kier molecular flexibility index (Phi) is 6.99. The van der Waals surface area contributed by atoms with Crippen LogP contribution in [0.25, 0.3) is 39.2 Å². The Balaban J connectivity index is 1.66. The molecule has 2 aromatic carbocycles. The number of rotatable bonds is 6. The Bertz CT molecular complexity index is 1820. The molecular weight excluding hydrogens is 549 g/mol. The van der Waals surface area contributed by atoms with Crippen LogP contribution >= 0.6 is 34.8 Å². The van der Waals surface area contributed by atoms with E-state index in [4.69, 9.17) is 39.5 Å². The number of pyridine rings is 2. The lowest BCUT2D eigenvalue weighted by atomic mass is 9.96. The average Bonchev–Trinajstić information content (AvgIpc) is 2.93. The van der Waals surface area contributed by atoms with Gasteiger partial charge in [0.15, 0.2) is 12.6 Å². The molecule has 0 aliphatic rings. The molecule has 0 aliphatic heterocycles. The van der Waals surface area contributed by atoms with E-state index in [2.05, 4.69) is 9.97 Å². The van der Waals surface area contributed by atoms with E-state index in [-0.39, 0.29) is 27.7 Å². The number of nitrogens with zero attached hydrogens (tertiary/aromatic N) is 3. The molecule has 0 fully saturated rings. The van der Waals surface area contributed by atoms with E-state index in [1.54, 1.807) is 30.5 Å². The van der Waals surface area contributed by atoms with E-state index in [0.717, 1.165) is 0 Å². The number of carbonyl (C=O) groups is 2. The second-order valence-corrected chi connectivity index (χ2v) is 9.30. The van der Waals surface area contributed by atoms with Crippen LogP contribution < -0.4 is 10.3 Å². The number of ether oxygens (including phenoxy) is 1. The molecule has 3 aromatic heterocycles. The lowest BCUT2D eigenvalue weighted by Gasteiger charge is -2.15. The summed E-state index contributed by atoms with van der Waals surface area (Å²) in [6.45, 7) is 0. The van der Waals surface area contributed by atoms with Crippen LogP contribution in [0.1, 0.15) is 20.7 Å². The van der Waals surface area contributed by atoms with Gasteiger partial charge in [-0.25, -0.2) is 9.97 Å². The molecule has 5 aromatic rings. The van der Waals surface area contributed by atoms with Crippen LogP contribution in [-0.4, -0.2) is 34.1 Å². The second-order valence-electron chi connectivity index (χ2n) is 8.14. The van der Waals surface area contributed by atoms with Gasteiger partial charge in [-0.1, -0.05) is 71.2 Å². The zero-order valence-corrected chi connectivity index (χ0v) is 21.9. The molecule has 0 N–H and O–H groups in total. The first-order chi connectivity index (χ1) is 18.4. The molecule has 3 heterocycles. The number of benzene rings is 2. The summed E-state index contributed by atoms with van der Waals surface area (Å²) >= 11 is 20.1. The van der Waals surface area contributed by atoms with Crippen LogP contribution in [0.4, 0.5) is 0 Å². The topological polar surface area (TPSA) is 90.6 Å². The van der Waals surface area contributed by atoms with E-state index < -0.39 is 5.56 Å². The molecule has 5 rings (SSSR count). The highest BCUT2D eigenvalue weighted by Crippen LogP contribution is 2.43. The molecular formula is C28H16Cl3N3O4. The minimum Gasteiger partial charge on any atom is -0.481 e. The van der Waals surface area contributed by atoms with Gasteiger partial charge in [0.1, 0.15) is 5.65 Å². The summed E-state index contributed by atoms with van der Waals surface area (Å²) in [7, 11) is 1.45. The van der Waals surface area contributed by atoms with E-state index in [9.17, 15) is 14.4 Å². The highest BCUT2D eigenvalue weighted by atomic mass is 35.5.